The lowest BCUT2D eigenvalue weighted by Crippen LogP contribution is -2.12. The zero-order valence-electron chi connectivity index (χ0n) is 12.2. The molecule has 0 unspecified atom stereocenters. The fourth-order valence-electron chi connectivity index (χ4n) is 3.10. The van der Waals surface area contributed by atoms with Crippen molar-refractivity contribution < 1.29 is 0 Å². The molecule has 0 bridgehead atoms. The van der Waals surface area contributed by atoms with Gasteiger partial charge in [0.2, 0.25) is 0 Å². The lowest BCUT2D eigenvalue weighted by molar-refractivity contribution is 0.759. The van der Waals surface area contributed by atoms with Crippen LogP contribution in [0.3, 0.4) is 0 Å². The summed E-state index contributed by atoms with van der Waals surface area (Å²) in [6, 6.07) is 12.7. The van der Waals surface area contributed by atoms with Gasteiger partial charge >= 0.3 is 0 Å². The number of aromatic amines is 1. The lowest BCUT2D eigenvalue weighted by Gasteiger charge is -2.00. The number of nitrogens with two attached hydrogens (primary N) is 1. The normalized spacial score (nSPS) is 13.5. The van der Waals surface area contributed by atoms with Crippen molar-refractivity contribution in [2.45, 2.75) is 6.67 Å². The predicted octanol–water partition coefficient (Wildman–Crippen LogP) is 3.44. The van der Waals surface area contributed by atoms with Gasteiger partial charge in [-0.3, -0.25) is 0 Å². The Balaban J connectivity index is 1.73. The Morgan fingerprint density at radius 2 is 2.17 bits per heavy atom. The summed E-state index contributed by atoms with van der Waals surface area (Å²) < 4.78 is 1.97. The highest BCUT2D eigenvalue weighted by molar-refractivity contribution is 7.13. The van der Waals surface area contributed by atoms with Crippen LogP contribution in [0.5, 0.6) is 0 Å². The number of nitrogens with zero attached hydrogens (tertiary/aromatic N) is 3. The molecule has 4 heterocycles. The number of aliphatic imine (C=N–C) groups is 1. The minimum Gasteiger partial charge on any atom is -0.382 e. The minimum absolute atomic E-state index is 0.550. The van der Waals surface area contributed by atoms with Gasteiger partial charge in [0.05, 0.1) is 17.5 Å². The smallest absolute Gasteiger partial charge is 0.146 e. The molecular formula is C17H13N5S. The van der Waals surface area contributed by atoms with Crippen LogP contribution in [0.25, 0.3) is 32.7 Å². The van der Waals surface area contributed by atoms with E-state index in [9.17, 15) is 0 Å². The number of H-pyrrole nitrogens is 1. The highest BCUT2D eigenvalue weighted by atomic mass is 32.1. The zero-order chi connectivity index (χ0) is 15.4. The van der Waals surface area contributed by atoms with Crippen molar-refractivity contribution in [3.63, 3.8) is 0 Å². The number of para-hydroxylation sites is 1. The van der Waals surface area contributed by atoms with Crippen LogP contribution >= 0.6 is 11.3 Å². The summed E-state index contributed by atoms with van der Waals surface area (Å²) in [5, 5.41) is 3.26. The first kappa shape index (κ1) is 12.7. The Bertz CT molecular complexity index is 1050. The summed E-state index contributed by atoms with van der Waals surface area (Å²) >= 11 is 1.74. The Hall–Kier alpha value is -2.86. The monoisotopic (exact) mass is 319 g/mol. The molecule has 4 aromatic rings. The molecule has 0 fully saturated rings. The van der Waals surface area contributed by atoms with Crippen LogP contribution in [0.1, 0.15) is 5.69 Å². The SMILES string of the molecule is NC1=NCn2cnc(-c3cc4cccc(-c5cccs5)c4[nH]3)c21. The van der Waals surface area contributed by atoms with Crippen LogP contribution in [-0.4, -0.2) is 20.4 Å². The number of fused-ring (bicyclic) bond motifs is 2. The van der Waals surface area contributed by atoms with Crippen molar-refractivity contribution in [3.8, 4) is 21.8 Å². The molecule has 23 heavy (non-hydrogen) atoms. The van der Waals surface area contributed by atoms with Crippen LogP contribution in [0.15, 0.2) is 53.1 Å². The van der Waals surface area contributed by atoms with Gasteiger partial charge in [0.1, 0.15) is 23.9 Å². The van der Waals surface area contributed by atoms with Crippen molar-refractivity contribution >= 4 is 28.1 Å². The first-order chi connectivity index (χ1) is 11.3. The summed E-state index contributed by atoms with van der Waals surface area (Å²) in [7, 11) is 0. The average molecular weight is 319 g/mol. The van der Waals surface area contributed by atoms with E-state index in [1.807, 2.05) is 4.57 Å². The molecule has 1 aliphatic heterocycles. The van der Waals surface area contributed by atoms with Crippen LogP contribution in [0.2, 0.25) is 0 Å². The van der Waals surface area contributed by atoms with Crippen LogP contribution in [0.4, 0.5) is 0 Å². The second-order valence-electron chi connectivity index (χ2n) is 5.53. The Morgan fingerprint density at radius 3 is 3.04 bits per heavy atom. The van der Waals surface area contributed by atoms with Gasteiger partial charge in [-0.2, -0.15) is 0 Å². The van der Waals surface area contributed by atoms with Crippen LogP contribution < -0.4 is 5.73 Å². The van der Waals surface area contributed by atoms with Gasteiger partial charge in [-0.25, -0.2) is 9.98 Å². The third kappa shape index (κ3) is 1.78. The van der Waals surface area contributed by atoms with E-state index < -0.39 is 0 Å². The summed E-state index contributed by atoms with van der Waals surface area (Å²) in [6.07, 6.45) is 1.79. The molecule has 0 spiro atoms. The largest absolute Gasteiger partial charge is 0.382 e. The number of rotatable bonds is 2. The van der Waals surface area contributed by atoms with Crippen molar-refractivity contribution in [2.24, 2.45) is 10.7 Å². The molecule has 6 heteroatoms. The second kappa shape index (κ2) is 4.57. The first-order valence-corrected chi connectivity index (χ1v) is 8.20. The summed E-state index contributed by atoms with van der Waals surface area (Å²) in [5.41, 5.74) is 11.1. The van der Waals surface area contributed by atoms with Gasteiger partial charge in [-0.1, -0.05) is 24.3 Å². The highest BCUT2D eigenvalue weighted by Crippen LogP contribution is 2.34. The maximum absolute atomic E-state index is 6.01. The Kier molecular flexibility index (Phi) is 2.51. The topological polar surface area (TPSA) is 72.0 Å². The summed E-state index contributed by atoms with van der Waals surface area (Å²) in [6.45, 7) is 0.550. The quantitative estimate of drug-likeness (QED) is 0.594. The molecule has 3 N–H and O–H groups in total. The minimum atomic E-state index is 0.550. The number of hydrogen-bond acceptors (Lipinski definition) is 4. The molecule has 0 aliphatic carbocycles. The molecule has 0 radical (unpaired) electrons. The molecule has 5 rings (SSSR count). The highest BCUT2D eigenvalue weighted by Gasteiger charge is 2.21. The molecular weight excluding hydrogens is 306 g/mol. The van der Waals surface area contributed by atoms with Crippen LogP contribution in [0, 0.1) is 0 Å². The van der Waals surface area contributed by atoms with Gasteiger partial charge in [0.25, 0.3) is 0 Å². The molecule has 0 amide bonds. The van der Waals surface area contributed by atoms with Gasteiger partial charge < -0.3 is 15.3 Å². The van der Waals surface area contributed by atoms with E-state index in [4.69, 9.17) is 5.73 Å². The van der Waals surface area contributed by atoms with E-state index in [2.05, 4.69) is 56.7 Å². The Morgan fingerprint density at radius 1 is 1.22 bits per heavy atom. The molecule has 0 saturated carbocycles. The predicted molar refractivity (Wildman–Crippen MR) is 93.6 cm³/mol. The average Bonchev–Trinajstić information content (AvgIpc) is 3.32. The fourth-order valence-corrected chi connectivity index (χ4v) is 3.86. The number of aromatic nitrogens is 3. The summed E-state index contributed by atoms with van der Waals surface area (Å²) in [4.78, 5) is 13.6. The van der Waals surface area contributed by atoms with E-state index in [1.54, 1.807) is 17.7 Å². The van der Waals surface area contributed by atoms with Gasteiger partial charge in [0, 0.05) is 15.8 Å². The standard InChI is InChI=1S/C17H13N5S/c18-17-16-15(19-8-22(16)9-20-17)12-7-10-3-1-4-11(14(10)21-12)13-5-2-6-23-13/h1-8,21H,9H2,(H2,18,20). The van der Waals surface area contributed by atoms with Crippen molar-refractivity contribution in [1.82, 2.24) is 14.5 Å². The Labute approximate surface area is 136 Å². The number of imidazole rings is 1. The van der Waals surface area contributed by atoms with Crippen molar-refractivity contribution in [2.75, 3.05) is 0 Å². The number of benzene rings is 1. The fraction of sp³-hybridized carbons (Fsp3) is 0.0588. The third-order valence-corrected chi connectivity index (χ3v) is 5.07. The molecule has 112 valence electrons. The number of thiophene rings is 1. The number of nitrogens with one attached hydrogen (secondary N) is 1. The third-order valence-electron chi connectivity index (χ3n) is 4.17. The zero-order valence-corrected chi connectivity index (χ0v) is 13.0. The summed E-state index contributed by atoms with van der Waals surface area (Å²) in [5.74, 6) is 0.551. The van der Waals surface area contributed by atoms with E-state index in [0.717, 1.165) is 22.6 Å². The van der Waals surface area contributed by atoms with Crippen molar-refractivity contribution in [3.05, 3.63) is 53.8 Å². The molecule has 5 nitrogen and oxygen atoms in total. The second-order valence-corrected chi connectivity index (χ2v) is 6.47. The maximum Gasteiger partial charge on any atom is 0.146 e. The number of amidine groups is 1. The van der Waals surface area contributed by atoms with E-state index in [0.29, 0.717) is 12.5 Å². The van der Waals surface area contributed by atoms with E-state index in [-0.39, 0.29) is 0 Å². The lowest BCUT2D eigenvalue weighted by atomic mass is 10.1. The van der Waals surface area contributed by atoms with Crippen LogP contribution in [-0.2, 0) is 6.67 Å². The molecule has 0 atom stereocenters. The van der Waals surface area contributed by atoms with Gasteiger partial charge in [-0.15, -0.1) is 11.3 Å². The van der Waals surface area contributed by atoms with Gasteiger partial charge in [0.15, 0.2) is 0 Å². The first-order valence-electron chi connectivity index (χ1n) is 7.32. The molecule has 1 aliphatic rings. The number of hydrogen-bond donors (Lipinski definition) is 2. The molecule has 0 saturated heterocycles. The van der Waals surface area contributed by atoms with Gasteiger partial charge in [-0.05, 0) is 17.5 Å². The van der Waals surface area contributed by atoms with E-state index in [1.165, 1.54) is 15.8 Å². The van der Waals surface area contributed by atoms with E-state index >= 15 is 0 Å². The van der Waals surface area contributed by atoms with Crippen molar-refractivity contribution in [1.29, 1.82) is 0 Å². The maximum atomic E-state index is 6.01. The molecule has 1 aromatic carbocycles. The molecule has 3 aromatic heterocycles.